The fourth-order valence-corrected chi connectivity index (χ4v) is 2.07. The molecule has 2 rings (SSSR count). The Morgan fingerprint density at radius 1 is 1.53 bits per heavy atom. The molecule has 1 heterocycles. The molecule has 0 amide bonds. The Morgan fingerprint density at radius 3 is 2.88 bits per heavy atom. The molecule has 0 unspecified atom stereocenters. The number of halogens is 2. The zero-order valence-electron chi connectivity index (χ0n) is 9.44. The van der Waals surface area contributed by atoms with Gasteiger partial charge in [-0.1, -0.05) is 0 Å². The average Bonchev–Trinajstić information content (AvgIpc) is 2.25. The summed E-state index contributed by atoms with van der Waals surface area (Å²) in [5, 5.41) is 8.93. The molecule has 1 fully saturated rings. The minimum atomic E-state index is -0.459. The van der Waals surface area contributed by atoms with Crippen LogP contribution in [-0.4, -0.2) is 34.3 Å². The summed E-state index contributed by atoms with van der Waals surface area (Å²) in [5.74, 6) is -0.206. The molecule has 0 saturated heterocycles. The molecule has 0 aliphatic heterocycles. The van der Waals surface area contributed by atoms with Gasteiger partial charge in [-0.2, -0.15) is 4.98 Å². The van der Waals surface area contributed by atoms with Crippen molar-refractivity contribution in [3.8, 4) is 0 Å². The lowest BCUT2D eigenvalue weighted by Gasteiger charge is -2.38. The summed E-state index contributed by atoms with van der Waals surface area (Å²) in [4.78, 5) is 9.45. The van der Waals surface area contributed by atoms with Gasteiger partial charge in [0.1, 0.15) is 0 Å². The third kappa shape index (κ3) is 2.84. The molecule has 0 bridgehead atoms. The largest absolute Gasteiger partial charge is 0.396 e. The summed E-state index contributed by atoms with van der Waals surface area (Å²) in [6.07, 6.45) is 4.91. The van der Waals surface area contributed by atoms with Gasteiger partial charge in [0.15, 0.2) is 11.6 Å². The lowest BCUT2D eigenvalue weighted by Crippen LogP contribution is -2.42. The normalized spacial score (nSPS) is 15.7. The van der Waals surface area contributed by atoms with E-state index in [4.69, 9.17) is 16.7 Å². The first-order chi connectivity index (χ1) is 8.22. The van der Waals surface area contributed by atoms with Gasteiger partial charge in [0, 0.05) is 19.2 Å². The zero-order valence-corrected chi connectivity index (χ0v) is 10.2. The topological polar surface area (TPSA) is 49.2 Å². The number of aliphatic hydroxyl groups is 1. The SMILES string of the molecule is OCCCN(c1nc(Cl)ncc1F)C1CCC1. The third-order valence-electron chi connectivity index (χ3n) is 3.04. The van der Waals surface area contributed by atoms with Crippen LogP contribution in [0.5, 0.6) is 0 Å². The van der Waals surface area contributed by atoms with Crippen molar-refractivity contribution in [1.82, 2.24) is 9.97 Å². The van der Waals surface area contributed by atoms with Gasteiger partial charge in [0.2, 0.25) is 5.28 Å². The summed E-state index contributed by atoms with van der Waals surface area (Å²) in [5.41, 5.74) is 0. The van der Waals surface area contributed by atoms with Crippen molar-refractivity contribution < 1.29 is 9.50 Å². The van der Waals surface area contributed by atoms with E-state index < -0.39 is 5.82 Å². The minimum Gasteiger partial charge on any atom is -0.396 e. The molecule has 1 N–H and O–H groups in total. The Hall–Kier alpha value is -0.940. The third-order valence-corrected chi connectivity index (χ3v) is 3.22. The number of hydrogen-bond acceptors (Lipinski definition) is 4. The van der Waals surface area contributed by atoms with Gasteiger partial charge in [-0.25, -0.2) is 9.37 Å². The molecule has 0 aromatic carbocycles. The van der Waals surface area contributed by atoms with Crippen molar-refractivity contribution in [2.75, 3.05) is 18.1 Å². The smallest absolute Gasteiger partial charge is 0.224 e. The molecule has 1 aromatic rings. The van der Waals surface area contributed by atoms with Gasteiger partial charge in [0.25, 0.3) is 0 Å². The molecule has 94 valence electrons. The number of rotatable bonds is 5. The van der Waals surface area contributed by atoms with Gasteiger partial charge in [0.05, 0.1) is 6.20 Å². The van der Waals surface area contributed by atoms with Crippen molar-refractivity contribution in [3.63, 3.8) is 0 Å². The highest BCUT2D eigenvalue weighted by Crippen LogP contribution is 2.30. The van der Waals surface area contributed by atoms with Gasteiger partial charge in [-0.05, 0) is 37.3 Å². The fourth-order valence-electron chi connectivity index (χ4n) is 1.94. The first-order valence-corrected chi connectivity index (χ1v) is 6.15. The molecule has 0 spiro atoms. The minimum absolute atomic E-state index is 0.0507. The summed E-state index contributed by atoms with van der Waals surface area (Å²) in [6, 6.07) is 0.307. The zero-order chi connectivity index (χ0) is 12.3. The highest BCUT2D eigenvalue weighted by atomic mass is 35.5. The molecule has 1 aliphatic rings. The molecule has 0 atom stereocenters. The molecule has 4 nitrogen and oxygen atoms in total. The molecule has 17 heavy (non-hydrogen) atoms. The number of aromatic nitrogens is 2. The number of hydrogen-bond donors (Lipinski definition) is 1. The molecule has 1 aromatic heterocycles. The van der Waals surface area contributed by atoms with E-state index in [9.17, 15) is 4.39 Å². The van der Waals surface area contributed by atoms with Crippen LogP contribution in [0.25, 0.3) is 0 Å². The van der Waals surface area contributed by atoms with Gasteiger partial charge in [-0.3, -0.25) is 0 Å². The van der Waals surface area contributed by atoms with E-state index in [-0.39, 0.29) is 17.7 Å². The second-order valence-electron chi connectivity index (χ2n) is 4.17. The first kappa shape index (κ1) is 12.5. The van der Waals surface area contributed by atoms with Crippen LogP contribution in [0, 0.1) is 5.82 Å². The predicted molar refractivity (Wildman–Crippen MR) is 63.7 cm³/mol. The Labute approximate surface area is 104 Å². The molecular weight excluding hydrogens is 245 g/mol. The van der Waals surface area contributed by atoms with E-state index in [0.29, 0.717) is 19.0 Å². The van der Waals surface area contributed by atoms with E-state index in [1.54, 1.807) is 0 Å². The van der Waals surface area contributed by atoms with Crippen molar-refractivity contribution in [3.05, 3.63) is 17.3 Å². The van der Waals surface area contributed by atoms with E-state index in [1.807, 2.05) is 4.90 Å². The van der Waals surface area contributed by atoms with Crippen LogP contribution in [0.1, 0.15) is 25.7 Å². The van der Waals surface area contributed by atoms with Gasteiger partial charge < -0.3 is 10.0 Å². The van der Waals surface area contributed by atoms with Crippen molar-refractivity contribution in [2.24, 2.45) is 0 Å². The predicted octanol–water partition coefficient (Wildman–Crippen LogP) is 2.01. The second kappa shape index (κ2) is 5.60. The quantitative estimate of drug-likeness (QED) is 0.822. The number of aliphatic hydroxyl groups excluding tert-OH is 1. The van der Waals surface area contributed by atoms with E-state index in [1.165, 1.54) is 0 Å². The summed E-state index contributed by atoms with van der Waals surface area (Å²) >= 11 is 5.70. The summed E-state index contributed by atoms with van der Waals surface area (Å²) < 4.78 is 13.7. The lowest BCUT2D eigenvalue weighted by molar-refractivity contribution is 0.282. The summed E-state index contributed by atoms with van der Waals surface area (Å²) in [6.45, 7) is 0.676. The first-order valence-electron chi connectivity index (χ1n) is 5.78. The van der Waals surface area contributed by atoms with E-state index in [2.05, 4.69) is 9.97 Å². The monoisotopic (exact) mass is 259 g/mol. The van der Waals surface area contributed by atoms with Crippen LogP contribution in [0.4, 0.5) is 10.2 Å². The van der Waals surface area contributed by atoms with Crippen LogP contribution >= 0.6 is 11.6 Å². The molecular formula is C11H15ClFN3O. The average molecular weight is 260 g/mol. The van der Waals surface area contributed by atoms with E-state index >= 15 is 0 Å². The molecule has 1 aliphatic carbocycles. The Morgan fingerprint density at radius 2 is 2.29 bits per heavy atom. The molecule has 1 saturated carbocycles. The van der Waals surface area contributed by atoms with Crippen molar-refractivity contribution in [1.29, 1.82) is 0 Å². The van der Waals surface area contributed by atoms with Crippen LogP contribution in [0.3, 0.4) is 0 Å². The standard InChI is InChI=1S/C11H15ClFN3O/c12-11-14-7-9(13)10(15-11)16(5-2-6-17)8-3-1-4-8/h7-8,17H,1-6H2. The summed E-state index contributed by atoms with van der Waals surface area (Å²) in [7, 11) is 0. The number of nitrogens with zero attached hydrogens (tertiary/aromatic N) is 3. The maximum Gasteiger partial charge on any atom is 0.224 e. The molecule has 6 heteroatoms. The Balaban J connectivity index is 2.20. The fraction of sp³-hybridized carbons (Fsp3) is 0.636. The maximum atomic E-state index is 13.7. The van der Waals surface area contributed by atoms with Crippen LogP contribution in [0.15, 0.2) is 6.20 Å². The van der Waals surface area contributed by atoms with Gasteiger partial charge >= 0.3 is 0 Å². The Bertz CT molecular complexity index is 387. The van der Waals surface area contributed by atoms with Crippen molar-refractivity contribution >= 4 is 17.4 Å². The van der Waals surface area contributed by atoms with Crippen LogP contribution in [-0.2, 0) is 0 Å². The lowest BCUT2D eigenvalue weighted by atomic mass is 9.91. The second-order valence-corrected chi connectivity index (χ2v) is 4.50. The van der Waals surface area contributed by atoms with Gasteiger partial charge in [-0.15, -0.1) is 0 Å². The number of anilines is 1. The van der Waals surface area contributed by atoms with Crippen LogP contribution < -0.4 is 4.90 Å². The molecule has 0 radical (unpaired) electrons. The maximum absolute atomic E-state index is 13.7. The van der Waals surface area contributed by atoms with E-state index in [0.717, 1.165) is 25.5 Å². The van der Waals surface area contributed by atoms with Crippen LogP contribution in [0.2, 0.25) is 5.28 Å². The Kier molecular flexibility index (Phi) is 4.12. The highest BCUT2D eigenvalue weighted by molar-refractivity contribution is 6.28. The van der Waals surface area contributed by atoms with Crippen molar-refractivity contribution in [2.45, 2.75) is 31.7 Å². The highest BCUT2D eigenvalue weighted by Gasteiger charge is 2.27.